The molecule has 0 radical (unpaired) electrons. The molecule has 0 aliphatic rings. The third-order valence-electron chi connectivity index (χ3n) is 6.35. The Bertz CT molecular complexity index is 1510. The molecule has 0 N–H and O–H groups in total. The van der Waals surface area contributed by atoms with Crippen LogP contribution in [0.25, 0.3) is 44.0 Å². The first-order valence-corrected chi connectivity index (χ1v) is 11.7. The second-order valence-corrected chi connectivity index (χ2v) is 11.4. The van der Waals surface area contributed by atoms with Gasteiger partial charge in [-0.15, -0.1) is 0 Å². The smallest absolute Gasteiger partial charge is 0.164 e. The summed E-state index contributed by atoms with van der Waals surface area (Å²) < 4.78 is 6.53. The maximum atomic E-state index is 6.53. The fourth-order valence-corrected chi connectivity index (χ4v) is 4.78. The molecule has 0 unspecified atom stereocenters. The zero-order valence-electron chi connectivity index (χ0n) is 20.7. The standard InChI is InChI=1S/C30H32N2O/c1-18-24(17-29(2,3)4)33-28-25(18)26(32-23-13-10-14-31-27(23)28)20-15-19-11-8-9-12-21(19)22(16-20)30(5,6)7/h8-16H,17H2,1-7H3. The van der Waals surface area contributed by atoms with Crippen LogP contribution in [0.4, 0.5) is 0 Å². The van der Waals surface area contributed by atoms with Crippen LogP contribution in [0.2, 0.25) is 0 Å². The molecule has 33 heavy (non-hydrogen) atoms. The van der Waals surface area contributed by atoms with E-state index in [1.807, 2.05) is 18.3 Å². The van der Waals surface area contributed by atoms with Crippen LogP contribution >= 0.6 is 0 Å². The van der Waals surface area contributed by atoms with Gasteiger partial charge in [0.2, 0.25) is 0 Å². The number of furan rings is 1. The van der Waals surface area contributed by atoms with Crippen molar-refractivity contribution in [2.45, 2.75) is 60.3 Å². The summed E-state index contributed by atoms with van der Waals surface area (Å²) in [7, 11) is 0. The first-order valence-electron chi connectivity index (χ1n) is 11.7. The average Bonchev–Trinajstić information content (AvgIpc) is 3.06. The van der Waals surface area contributed by atoms with Crippen LogP contribution in [-0.2, 0) is 11.8 Å². The summed E-state index contributed by atoms with van der Waals surface area (Å²) in [6, 6.07) is 17.2. The van der Waals surface area contributed by atoms with E-state index < -0.39 is 0 Å². The third kappa shape index (κ3) is 3.80. The van der Waals surface area contributed by atoms with Crippen molar-refractivity contribution in [3.05, 3.63) is 71.6 Å². The molecular formula is C30H32N2O. The Labute approximate surface area is 195 Å². The Balaban J connectivity index is 1.89. The van der Waals surface area contributed by atoms with Gasteiger partial charge in [-0.25, -0.2) is 4.98 Å². The van der Waals surface area contributed by atoms with Crippen LogP contribution in [0, 0.1) is 12.3 Å². The van der Waals surface area contributed by atoms with Crippen molar-refractivity contribution < 1.29 is 4.42 Å². The maximum Gasteiger partial charge on any atom is 0.164 e. The number of aromatic nitrogens is 2. The highest BCUT2D eigenvalue weighted by molar-refractivity contribution is 6.08. The molecule has 0 saturated heterocycles. The highest BCUT2D eigenvalue weighted by Crippen LogP contribution is 2.41. The first-order chi connectivity index (χ1) is 15.5. The van der Waals surface area contributed by atoms with Crippen LogP contribution in [0.15, 0.2) is 59.1 Å². The number of aryl methyl sites for hydroxylation is 1. The molecule has 3 heteroatoms. The fourth-order valence-electron chi connectivity index (χ4n) is 4.78. The summed E-state index contributed by atoms with van der Waals surface area (Å²) in [5.74, 6) is 1.02. The largest absolute Gasteiger partial charge is 0.458 e. The van der Waals surface area contributed by atoms with Crippen LogP contribution in [0.1, 0.15) is 58.4 Å². The Morgan fingerprint density at radius 2 is 1.67 bits per heavy atom. The Morgan fingerprint density at radius 1 is 0.909 bits per heavy atom. The van der Waals surface area contributed by atoms with Crippen LogP contribution < -0.4 is 0 Å². The Hall–Kier alpha value is -3.20. The van der Waals surface area contributed by atoms with Crippen molar-refractivity contribution in [2.24, 2.45) is 5.41 Å². The normalized spacial score (nSPS) is 12.8. The van der Waals surface area contributed by atoms with Crippen molar-refractivity contribution >= 4 is 32.8 Å². The van der Waals surface area contributed by atoms with Gasteiger partial charge in [-0.3, -0.25) is 4.98 Å². The van der Waals surface area contributed by atoms with Crippen molar-refractivity contribution in [1.29, 1.82) is 0 Å². The van der Waals surface area contributed by atoms with Crippen LogP contribution in [-0.4, -0.2) is 9.97 Å². The van der Waals surface area contributed by atoms with Gasteiger partial charge in [-0.05, 0) is 58.4 Å². The highest BCUT2D eigenvalue weighted by Gasteiger charge is 2.25. The van der Waals surface area contributed by atoms with Crippen molar-refractivity contribution in [1.82, 2.24) is 9.97 Å². The van der Waals surface area contributed by atoms with E-state index in [9.17, 15) is 0 Å². The van der Waals surface area contributed by atoms with Gasteiger partial charge in [-0.1, -0.05) is 65.8 Å². The summed E-state index contributed by atoms with van der Waals surface area (Å²) >= 11 is 0. The number of fused-ring (bicyclic) bond motifs is 4. The molecule has 0 saturated carbocycles. The third-order valence-corrected chi connectivity index (χ3v) is 6.35. The number of pyridine rings is 2. The van der Waals surface area contributed by atoms with Gasteiger partial charge in [0, 0.05) is 23.7 Å². The molecule has 0 amide bonds. The topological polar surface area (TPSA) is 38.9 Å². The van der Waals surface area contributed by atoms with Gasteiger partial charge in [0.25, 0.3) is 0 Å². The number of hydrogen-bond acceptors (Lipinski definition) is 3. The predicted molar refractivity (Wildman–Crippen MR) is 139 cm³/mol. The van der Waals surface area contributed by atoms with E-state index in [1.165, 1.54) is 21.9 Å². The lowest BCUT2D eigenvalue weighted by atomic mass is 9.82. The minimum Gasteiger partial charge on any atom is -0.458 e. The van der Waals surface area contributed by atoms with Crippen LogP contribution in [0.3, 0.4) is 0 Å². The van der Waals surface area contributed by atoms with Gasteiger partial charge >= 0.3 is 0 Å². The molecule has 0 spiro atoms. The molecule has 0 aliphatic heterocycles. The van der Waals surface area contributed by atoms with E-state index in [1.54, 1.807) is 0 Å². The molecule has 0 bridgehead atoms. The molecule has 0 atom stereocenters. The van der Waals surface area contributed by atoms with Gasteiger partial charge in [0.1, 0.15) is 11.3 Å². The van der Waals surface area contributed by atoms with Gasteiger partial charge in [0.05, 0.1) is 16.6 Å². The molecule has 5 aromatic rings. The molecule has 168 valence electrons. The molecule has 0 aliphatic carbocycles. The van der Waals surface area contributed by atoms with Crippen LogP contribution in [0.5, 0.6) is 0 Å². The van der Waals surface area contributed by atoms with Crippen molar-refractivity contribution in [3.63, 3.8) is 0 Å². The van der Waals surface area contributed by atoms with E-state index in [-0.39, 0.29) is 10.8 Å². The number of hydrogen-bond donors (Lipinski definition) is 0. The molecule has 0 fully saturated rings. The summed E-state index contributed by atoms with van der Waals surface area (Å²) in [6.07, 6.45) is 2.68. The highest BCUT2D eigenvalue weighted by atomic mass is 16.3. The number of rotatable bonds is 2. The minimum absolute atomic E-state index is 0.00989. The first kappa shape index (κ1) is 21.6. The summed E-state index contributed by atoms with van der Waals surface area (Å²) in [5, 5.41) is 3.61. The zero-order chi connectivity index (χ0) is 23.5. The monoisotopic (exact) mass is 436 g/mol. The second kappa shape index (κ2) is 7.41. The van der Waals surface area contributed by atoms with Gasteiger partial charge in [0.15, 0.2) is 5.58 Å². The van der Waals surface area contributed by atoms with Crippen molar-refractivity contribution in [2.75, 3.05) is 0 Å². The summed E-state index contributed by atoms with van der Waals surface area (Å²) in [5.41, 5.74) is 7.26. The van der Waals surface area contributed by atoms with Crippen molar-refractivity contribution in [3.8, 4) is 11.3 Å². The summed E-state index contributed by atoms with van der Waals surface area (Å²) in [6.45, 7) is 15.7. The van der Waals surface area contributed by atoms with Gasteiger partial charge in [-0.2, -0.15) is 0 Å². The molecule has 5 rings (SSSR count). The van der Waals surface area contributed by atoms with E-state index >= 15 is 0 Å². The molecule has 2 aromatic carbocycles. The minimum atomic E-state index is 0.00989. The van der Waals surface area contributed by atoms with E-state index in [0.717, 1.165) is 45.4 Å². The Morgan fingerprint density at radius 3 is 2.39 bits per heavy atom. The molecule has 3 heterocycles. The average molecular weight is 437 g/mol. The van der Waals surface area contributed by atoms with E-state index in [2.05, 4.69) is 89.8 Å². The summed E-state index contributed by atoms with van der Waals surface area (Å²) in [4.78, 5) is 9.80. The zero-order valence-corrected chi connectivity index (χ0v) is 20.7. The molecule has 3 nitrogen and oxygen atoms in total. The fraction of sp³-hybridized carbons (Fsp3) is 0.333. The molecule has 3 aromatic heterocycles. The second-order valence-electron chi connectivity index (χ2n) is 11.4. The van der Waals surface area contributed by atoms with E-state index in [4.69, 9.17) is 9.40 Å². The van der Waals surface area contributed by atoms with Gasteiger partial charge < -0.3 is 4.42 Å². The number of benzene rings is 2. The Kier molecular flexibility index (Phi) is 4.86. The quantitative estimate of drug-likeness (QED) is 0.279. The lowest BCUT2D eigenvalue weighted by Gasteiger charge is -2.23. The maximum absolute atomic E-state index is 6.53. The molecular weight excluding hydrogens is 404 g/mol. The SMILES string of the molecule is Cc1c(CC(C)(C)C)oc2c1c(-c1cc(C(C)(C)C)c3ccccc3c1)nc1cccnc12. The lowest BCUT2D eigenvalue weighted by Crippen LogP contribution is -2.12. The lowest BCUT2D eigenvalue weighted by molar-refractivity contribution is 0.369. The van der Waals surface area contributed by atoms with E-state index in [0.29, 0.717) is 0 Å². The number of nitrogens with zero attached hydrogens (tertiary/aromatic N) is 2. The predicted octanol–water partition coefficient (Wildman–Crippen LogP) is 8.39.